The Morgan fingerprint density at radius 2 is 2.00 bits per heavy atom. The van der Waals surface area contributed by atoms with E-state index in [1.165, 1.54) is 6.20 Å². The van der Waals surface area contributed by atoms with Gasteiger partial charge in [-0.05, 0) is 62.6 Å². The number of carboxylic acid groups (broad SMARTS) is 1. The number of alkyl carbamates (subject to hydrolysis) is 1. The molecule has 1 aromatic rings. The van der Waals surface area contributed by atoms with Crippen LogP contribution in [0.3, 0.4) is 0 Å². The lowest BCUT2D eigenvalue weighted by atomic mass is 9.96. The highest BCUT2D eigenvalue weighted by Gasteiger charge is 2.41. The smallest absolute Gasteiger partial charge is 0.413 e. The van der Waals surface area contributed by atoms with Gasteiger partial charge < -0.3 is 20.1 Å². The van der Waals surface area contributed by atoms with Crippen LogP contribution in [-0.2, 0) is 4.74 Å². The number of ether oxygens (including phenoxy) is 1. The first-order valence-electron chi connectivity index (χ1n) is 9.65. The Morgan fingerprint density at radius 3 is 2.45 bits per heavy atom. The fourth-order valence-electron chi connectivity index (χ4n) is 3.21. The molecule has 0 bridgehead atoms. The number of halogens is 4. The molecular formula is C18H26BrF3N4O4S. The van der Waals surface area contributed by atoms with Crippen molar-refractivity contribution >= 4 is 44.6 Å². The molecule has 176 valence electrons. The summed E-state index contributed by atoms with van der Waals surface area (Å²) in [4.78, 5) is 30.9. The van der Waals surface area contributed by atoms with Gasteiger partial charge in [0.25, 0.3) is 0 Å². The van der Waals surface area contributed by atoms with E-state index in [1.54, 1.807) is 25.7 Å². The molecule has 0 aliphatic carbocycles. The predicted octanol–water partition coefficient (Wildman–Crippen LogP) is 4.56. The number of likely N-dealkylation sites (tertiary alicyclic amines) is 1. The minimum Gasteiger partial charge on any atom is -0.465 e. The van der Waals surface area contributed by atoms with Crippen LogP contribution < -0.4 is 10.2 Å². The molecule has 1 aromatic heterocycles. The average molecular weight is 531 g/mol. The molecule has 8 nitrogen and oxygen atoms in total. The zero-order valence-electron chi connectivity index (χ0n) is 17.4. The third-order valence-electron chi connectivity index (χ3n) is 4.58. The van der Waals surface area contributed by atoms with Crippen molar-refractivity contribution < 1.29 is 32.6 Å². The van der Waals surface area contributed by atoms with Gasteiger partial charge in [0.15, 0.2) is 5.13 Å². The van der Waals surface area contributed by atoms with Crippen LogP contribution in [0.4, 0.5) is 27.9 Å². The number of hydrogen-bond acceptors (Lipinski definition) is 6. The largest absolute Gasteiger partial charge is 0.465 e. The molecule has 0 aromatic carbocycles. The number of piperidine rings is 1. The second-order valence-electron chi connectivity index (χ2n) is 8.30. The van der Waals surface area contributed by atoms with Crippen LogP contribution in [0.5, 0.6) is 0 Å². The number of hydrogen-bond donors (Lipinski definition) is 2. The van der Waals surface area contributed by atoms with Gasteiger partial charge in [-0.3, -0.25) is 4.90 Å². The number of rotatable bonds is 6. The second-order valence-corrected chi connectivity index (χ2v) is 10.7. The number of amides is 2. The van der Waals surface area contributed by atoms with E-state index in [2.05, 4.69) is 26.2 Å². The lowest BCUT2D eigenvalue weighted by Gasteiger charge is -2.36. The van der Waals surface area contributed by atoms with E-state index in [0.29, 0.717) is 3.79 Å². The summed E-state index contributed by atoms with van der Waals surface area (Å²) < 4.78 is 44.7. The van der Waals surface area contributed by atoms with Crippen LogP contribution in [0.1, 0.15) is 33.6 Å². The Labute approximate surface area is 190 Å². The highest BCUT2D eigenvalue weighted by molar-refractivity contribution is 9.11. The Bertz CT molecular complexity index is 764. The molecule has 1 fully saturated rings. The first-order valence-corrected chi connectivity index (χ1v) is 11.3. The normalized spacial score (nSPS) is 17.3. The average Bonchev–Trinajstić information content (AvgIpc) is 3.03. The van der Waals surface area contributed by atoms with Gasteiger partial charge >= 0.3 is 18.4 Å². The molecule has 0 unspecified atom stereocenters. The molecule has 1 saturated heterocycles. The highest BCUT2D eigenvalue weighted by Crippen LogP contribution is 2.34. The minimum absolute atomic E-state index is 0.0370. The molecule has 0 spiro atoms. The van der Waals surface area contributed by atoms with Crippen molar-refractivity contribution in [2.75, 3.05) is 31.1 Å². The molecule has 2 rings (SSSR count). The summed E-state index contributed by atoms with van der Waals surface area (Å²) in [5.74, 6) is -1.34. The number of aromatic nitrogens is 1. The molecule has 2 heterocycles. The monoisotopic (exact) mass is 530 g/mol. The van der Waals surface area contributed by atoms with E-state index in [1.807, 2.05) is 0 Å². The summed E-state index contributed by atoms with van der Waals surface area (Å²) in [5, 5.41) is 12.5. The Kier molecular flexibility index (Phi) is 8.56. The number of carbonyl (C=O) groups excluding carboxylic acids is 1. The maximum absolute atomic E-state index is 12.9. The fraction of sp³-hybridized carbons (Fsp3) is 0.722. The maximum atomic E-state index is 12.9. The van der Waals surface area contributed by atoms with Crippen molar-refractivity contribution in [1.29, 1.82) is 0 Å². The van der Waals surface area contributed by atoms with E-state index < -0.39 is 35.9 Å². The first-order chi connectivity index (χ1) is 14.2. The Balaban J connectivity index is 2.10. The lowest BCUT2D eigenvalue weighted by molar-refractivity contribution is -0.185. The number of alkyl halides is 3. The van der Waals surface area contributed by atoms with E-state index in [4.69, 9.17) is 4.74 Å². The second kappa shape index (κ2) is 10.3. The van der Waals surface area contributed by atoms with Gasteiger partial charge in [0, 0.05) is 6.54 Å². The summed E-state index contributed by atoms with van der Waals surface area (Å²) in [6.07, 6.45) is -4.82. The quantitative estimate of drug-likeness (QED) is 0.559. The first kappa shape index (κ1) is 25.7. The van der Waals surface area contributed by atoms with Crippen LogP contribution in [-0.4, -0.2) is 71.2 Å². The molecule has 1 aliphatic heterocycles. The minimum atomic E-state index is -4.22. The lowest BCUT2D eigenvalue weighted by Crippen LogP contribution is -2.53. The van der Waals surface area contributed by atoms with Crippen molar-refractivity contribution in [1.82, 2.24) is 15.2 Å². The van der Waals surface area contributed by atoms with E-state index in [9.17, 15) is 27.9 Å². The zero-order valence-corrected chi connectivity index (χ0v) is 19.8. The van der Waals surface area contributed by atoms with E-state index >= 15 is 0 Å². The van der Waals surface area contributed by atoms with Crippen molar-refractivity contribution in [3.05, 3.63) is 9.98 Å². The third-order valence-corrected chi connectivity index (χ3v) is 6.08. The summed E-state index contributed by atoms with van der Waals surface area (Å²) in [6, 6.07) is -0.712. The van der Waals surface area contributed by atoms with Crippen molar-refractivity contribution in [3.8, 4) is 0 Å². The van der Waals surface area contributed by atoms with E-state index in [-0.39, 0.29) is 44.2 Å². The standard InChI is InChI=1S/C18H26BrF3N4O4S/c1-17(2,3)30-15(27)24-12(9-25-6-4-11(5-7-25)18(20,21)22)10-26(16(28)29)14-23-8-13(19)31-14/h8,11-12H,4-7,9-10H2,1-3H3,(H,24,27)(H,28,29)/t12-/m0/s1. The molecule has 0 radical (unpaired) electrons. The number of anilines is 1. The topological polar surface area (TPSA) is 95.0 Å². The summed E-state index contributed by atoms with van der Waals surface area (Å²) >= 11 is 4.35. The van der Waals surface area contributed by atoms with Crippen molar-refractivity contribution in [2.24, 2.45) is 5.92 Å². The van der Waals surface area contributed by atoms with E-state index in [0.717, 1.165) is 16.2 Å². The molecule has 2 amide bonds. The molecule has 0 saturated carbocycles. The highest BCUT2D eigenvalue weighted by atomic mass is 79.9. The molecule has 1 aliphatic rings. The molecule has 2 N–H and O–H groups in total. The van der Waals surface area contributed by atoms with Crippen LogP contribution in [0.25, 0.3) is 0 Å². The van der Waals surface area contributed by atoms with Gasteiger partial charge in [-0.2, -0.15) is 13.2 Å². The summed E-state index contributed by atoms with van der Waals surface area (Å²) in [6.45, 7) is 5.54. The number of nitrogens with one attached hydrogen (secondary N) is 1. The summed E-state index contributed by atoms with van der Waals surface area (Å²) in [7, 11) is 0. The van der Waals surface area contributed by atoms with Gasteiger partial charge in [-0.15, -0.1) is 0 Å². The van der Waals surface area contributed by atoms with Gasteiger partial charge in [0.2, 0.25) is 0 Å². The fourth-order valence-corrected chi connectivity index (χ4v) is 4.39. The summed E-state index contributed by atoms with van der Waals surface area (Å²) in [5.41, 5.74) is -0.758. The molecule has 1 atom stereocenters. The van der Waals surface area contributed by atoms with Gasteiger partial charge in [-0.25, -0.2) is 14.6 Å². The van der Waals surface area contributed by atoms with Gasteiger partial charge in [0.05, 0.1) is 28.5 Å². The number of nitrogens with zero attached hydrogens (tertiary/aromatic N) is 3. The van der Waals surface area contributed by atoms with Crippen molar-refractivity contribution in [2.45, 2.75) is 51.4 Å². The maximum Gasteiger partial charge on any atom is 0.413 e. The molecular weight excluding hydrogens is 505 g/mol. The zero-order chi connectivity index (χ0) is 23.4. The predicted molar refractivity (Wildman–Crippen MR) is 114 cm³/mol. The van der Waals surface area contributed by atoms with Gasteiger partial charge in [-0.1, -0.05) is 11.3 Å². The Morgan fingerprint density at radius 1 is 1.39 bits per heavy atom. The molecule has 13 heteroatoms. The van der Waals surface area contributed by atoms with Crippen molar-refractivity contribution in [3.63, 3.8) is 0 Å². The van der Waals surface area contributed by atoms with Crippen LogP contribution in [0.2, 0.25) is 0 Å². The third kappa shape index (κ3) is 8.45. The number of carbonyl (C=O) groups is 2. The Hall–Kier alpha value is -1.60. The molecule has 31 heavy (non-hydrogen) atoms. The van der Waals surface area contributed by atoms with Crippen LogP contribution >= 0.6 is 27.3 Å². The van der Waals surface area contributed by atoms with Crippen LogP contribution in [0.15, 0.2) is 9.98 Å². The van der Waals surface area contributed by atoms with Crippen LogP contribution in [0, 0.1) is 5.92 Å². The van der Waals surface area contributed by atoms with Gasteiger partial charge in [0.1, 0.15) is 5.60 Å². The number of thiazole rings is 1. The SMILES string of the molecule is CC(C)(C)OC(=O)N[C@@H](CN1CCC(C(F)(F)F)CC1)CN(C(=O)O)c1ncc(Br)s1.